The van der Waals surface area contributed by atoms with Crippen LogP contribution in [0, 0.1) is 5.92 Å². The molecule has 0 aliphatic carbocycles. The Bertz CT molecular complexity index is 920. The Labute approximate surface area is 182 Å². The van der Waals surface area contributed by atoms with E-state index in [9.17, 15) is 9.59 Å². The molecule has 3 rings (SSSR count). The summed E-state index contributed by atoms with van der Waals surface area (Å²) in [7, 11) is 4.55. The number of rotatable bonds is 9. The van der Waals surface area contributed by atoms with E-state index in [0.29, 0.717) is 41.0 Å². The number of carbonyl (C=O) groups excluding carboxylic acids is 2. The van der Waals surface area contributed by atoms with Crippen LogP contribution in [0.5, 0.6) is 23.0 Å². The second-order valence-electron chi connectivity index (χ2n) is 7.15. The average molecular weight is 428 g/mol. The average Bonchev–Trinajstić information content (AvgIpc) is 3.18. The van der Waals surface area contributed by atoms with Crippen molar-refractivity contribution in [3.05, 3.63) is 36.4 Å². The highest BCUT2D eigenvalue weighted by atomic mass is 16.5. The van der Waals surface area contributed by atoms with E-state index in [1.807, 2.05) is 19.1 Å². The monoisotopic (exact) mass is 428 g/mol. The molecule has 1 saturated heterocycles. The lowest BCUT2D eigenvalue weighted by molar-refractivity contribution is -0.122. The second-order valence-corrected chi connectivity index (χ2v) is 7.15. The van der Waals surface area contributed by atoms with Crippen molar-refractivity contribution >= 4 is 23.2 Å². The number of benzene rings is 2. The summed E-state index contributed by atoms with van der Waals surface area (Å²) in [6.45, 7) is 2.90. The molecule has 166 valence electrons. The molecule has 0 bridgehead atoms. The summed E-state index contributed by atoms with van der Waals surface area (Å²) in [6, 6.07) is 10.6. The molecule has 1 aliphatic heterocycles. The van der Waals surface area contributed by atoms with Crippen LogP contribution in [-0.2, 0) is 9.59 Å². The first kappa shape index (κ1) is 22.3. The van der Waals surface area contributed by atoms with Gasteiger partial charge in [0.05, 0.1) is 39.5 Å². The van der Waals surface area contributed by atoms with Crippen molar-refractivity contribution < 1.29 is 28.5 Å². The SMILES string of the molecule is CCCOc1cccc(NC(=O)C2CC(=O)N(c3cc(OC)c(OC)c(OC)c3)C2)c1. The van der Waals surface area contributed by atoms with E-state index in [2.05, 4.69) is 5.32 Å². The number of nitrogens with one attached hydrogen (secondary N) is 1. The van der Waals surface area contributed by atoms with Gasteiger partial charge in [0.25, 0.3) is 0 Å². The minimum absolute atomic E-state index is 0.120. The molecule has 0 saturated carbocycles. The Morgan fingerprint density at radius 1 is 1.10 bits per heavy atom. The van der Waals surface area contributed by atoms with E-state index in [4.69, 9.17) is 18.9 Å². The Morgan fingerprint density at radius 3 is 2.42 bits per heavy atom. The van der Waals surface area contributed by atoms with Crippen LogP contribution in [0.1, 0.15) is 19.8 Å². The Hall–Kier alpha value is -3.42. The molecular formula is C23H28N2O6. The highest BCUT2D eigenvalue weighted by molar-refractivity contribution is 6.03. The summed E-state index contributed by atoms with van der Waals surface area (Å²) in [5.41, 5.74) is 1.22. The first-order valence-electron chi connectivity index (χ1n) is 10.1. The number of anilines is 2. The summed E-state index contributed by atoms with van der Waals surface area (Å²) in [5, 5.41) is 2.89. The van der Waals surface area contributed by atoms with E-state index in [1.165, 1.54) is 21.3 Å². The molecule has 1 unspecified atom stereocenters. The normalized spacial score (nSPS) is 15.5. The lowest BCUT2D eigenvalue weighted by Gasteiger charge is -2.20. The van der Waals surface area contributed by atoms with Crippen LogP contribution in [0.4, 0.5) is 11.4 Å². The van der Waals surface area contributed by atoms with Gasteiger partial charge in [-0.05, 0) is 18.6 Å². The zero-order valence-corrected chi connectivity index (χ0v) is 18.3. The smallest absolute Gasteiger partial charge is 0.229 e. The van der Waals surface area contributed by atoms with Crippen LogP contribution >= 0.6 is 0 Å². The quantitative estimate of drug-likeness (QED) is 0.658. The van der Waals surface area contributed by atoms with Gasteiger partial charge in [-0.1, -0.05) is 13.0 Å². The highest BCUT2D eigenvalue weighted by Crippen LogP contribution is 2.42. The van der Waals surface area contributed by atoms with Gasteiger partial charge in [-0.25, -0.2) is 0 Å². The summed E-state index contributed by atoms with van der Waals surface area (Å²) < 4.78 is 21.7. The van der Waals surface area contributed by atoms with Gasteiger partial charge >= 0.3 is 0 Å². The summed E-state index contributed by atoms with van der Waals surface area (Å²) in [6.07, 6.45) is 1.02. The van der Waals surface area contributed by atoms with Crippen LogP contribution in [0.15, 0.2) is 36.4 Å². The maximum Gasteiger partial charge on any atom is 0.229 e. The molecule has 1 heterocycles. The van der Waals surface area contributed by atoms with Crippen LogP contribution < -0.4 is 29.2 Å². The molecule has 2 aromatic rings. The van der Waals surface area contributed by atoms with Gasteiger partial charge in [-0.3, -0.25) is 9.59 Å². The summed E-state index contributed by atoms with van der Waals surface area (Å²) in [4.78, 5) is 27.1. The van der Waals surface area contributed by atoms with Crippen molar-refractivity contribution in [1.82, 2.24) is 0 Å². The van der Waals surface area contributed by atoms with Crippen LogP contribution in [0.3, 0.4) is 0 Å². The Balaban J connectivity index is 1.74. The van der Waals surface area contributed by atoms with Gasteiger partial charge < -0.3 is 29.2 Å². The largest absolute Gasteiger partial charge is 0.494 e. The van der Waals surface area contributed by atoms with E-state index in [-0.39, 0.29) is 24.8 Å². The molecule has 8 heteroatoms. The number of hydrogen-bond acceptors (Lipinski definition) is 6. The van der Waals surface area contributed by atoms with Gasteiger partial charge in [-0.2, -0.15) is 0 Å². The molecule has 2 amide bonds. The number of methoxy groups -OCH3 is 3. The van der Waals surface area contributed by atoms with Gasteiger partial charge in [0.2, 0.25) is 17.6 Å². The highest BCUT2D eigenvalue weighted by Gasteiger charge is 2.36. The molecule has 1 N–H and O–H groups in total. The standard InChI is InChI=1S/C23H28N2O6/c1-5-9-31-18-8-6-7-16(11-18)24-23(27)15-10-21(26)25(14-15)17-12-19(28-2)22(30-4)20(13-17)29-3/h6-8,11-13,15H,5,9-10,14H2,1-4H3,(H,24,27). The topological polar surface area (TPSA) is 86.3 Å². The fraction of sp³-hybridized carbons (Fsp3) is 0.391. The van der Waals surface area contributed by atoms with E-state index >= 15 is 0 Å². The predicted molar refractivity (Wildman–Crippen MR) is 117 cm³/mol. The molecule has 0 spiro atoms. The minimum atomic E-state index is -0.480. The van der Waals surface area contributed by atoms with Crippen molar-refractivity contribution in [3.63, 3.8) is 0 Å². The number of amides is 2. The first-order chi connectivity index (χ1) is 15.0. The number of nitrogens with zero attached hydrogens (tertiary/aromatic N) is 1. The van der Waals surface area contributed by atoms with Gasteiger partial charge in [0.15, 0.2) is 11.5 Å². The minimum Gasteiger partial charge on any atom is -0.494 e. The molecule has 1 fully saturated rings. The van der Waals surface area contributed by atoms with E-state index < -0.39 is 5.92 Å². The van der Waals surface area contributed by atoms with Crippen molar-refractivity contribution in [2.75, 3.05) is 44.7 Å². The Morgan fingerprint density at radius 2 is 1.81 bits per heavy atom. The third-order valence-corrected chi connectivity index (χ3v) is 5.03. The molecule has 8 nitrogen and oxygen atoms in total. The van der Waals surface area contributed by atoms with Gasteiger partial charge in [0, 0.05) is 36.9 Å². The zero-order valence-electron chi connectivity index (χ0n) is 18.3. The zero-order chi connectivity index (χ0) is 22.4. The first-order valence-corrected chi connectivity index (χ1v) is 10.1. The maximum atomic E-state index is 12.8. The third kappa shape index (κ3) is 5.02. The van der Waals surface area contributed by atoms with E-state index in [0.717, 1.165) is 6.42 Å². The fourth-order valence-corrected chi connectivity index (χ4v) is 3.48. The van der Waals surface area contributed by atoms with Crippen LogP contribution in [0.2, 0.25) is 0 Å². The molecule has 1 atom stereocenters. The number of ether oxygens (including phenoxy) is 4. The van der Waals surface area contributed by atoms with E-state index in [1.54, 1.807) is 29.2 Å². The molecule has 31 heavy (non-hydrogen) atoms. The summed E-state index contributed by atoms with van der Waals surface area (Å²) >= 11 is 0. The molecular weight excluding hydrogens is 400 g/mol. The molecule has 1 aliphatic rings. The van der Waals surface area contributed by atoms with Crippen LogP contribution in [-0.4, -0.2) is 46.3 Å². The number of carbonyl (C=O) groups is 2. The lowest BCUT2D eigenvalue weighted by Crippen LogP contribution is -2.28. The van der Waals surface area contributed by atoms with Crippen molar-refractivity contribution in [3.8, 4) is 23.0 Å². The third-order valence-electron chi connectivity index (χ3n) is 5.03. The van der Waals surface area contributed by atoms with Crippen LogP contribution in [0.25, 0.3) is 0 Å². The molecule has 2 aromatic carbocycles. The van der Waals surface area contributed by atoms with Crippen molar-refractivity contribution in [2.24, 2.45) is 5.92 Å². The molecule has 0 aromatic heterocycles. The van der Waals surface area contributed by atoms with Crippen molar-refractivity contribution in [1.29, 1.82) is 0 Å². The maximum absolute atomic E-state index is 12.8. The number of hydrogen-bond donors (Lipinski definition) is 1. The van der Waals surface area contributed by atoms with Gasteiger partial charge in [0.1, 0.15) is 5.75 Å². The van der Waals surface area contributed by atoms with Gasteiger partial charge in [-0.15, -0.1) is 0 Å². The van der Waals surface area contributed by atoms with Crippen molar-refractivity contribution in [2.45, 2.75) is 19.8 Å². The lowest BCUT2D eigenvalue weighted by atomic mass is 10.1. The summed E-state index contributed by atoms with van der Waals surface area (Å²) in [5.74, 6) is 1.20. The molecule has 0 radical (unpaired) electrons. The Kier molecular flexibility index (Phi) is 7.23. The fourth-order valence-electron chi connectivity index (χ4n) is 3.48. The second kappa shape index (κ2) is 10.1. The predicted octanol–water partition coefficient (Wildman–Crippen LogP) is 3.49.